The molecule has 0 saturated heterocycles. The Kier molecular flexibility index (Phi) is 3.61. The summed E-state index contributed by atoms with van der Waals surface area (Å²) in [5.41, 5.74) is 1.84. The number of halogens is 3. The van der Waals surface area contributed by atoms with Crippen LogP contribution < -0.4 is 0 Å². The number of aromatic nitrogens is 2. The number of hydrogen-bond donors (Lipinski definition) is 0. The van der Waals surface area contributed by atoms with E-state index in [1.54, 1.807) is 18.5 Å². The minimum Gasteiger partial charge on any atom is -0.333 e. The summed E-state index contributed by atoms with van der Waals surface area (Å²) in [5.74, 6) is 0.149. The second-order valence-electron chi connectivity index (χ2n) is 3.42. The Bertz CT molecular complexity index is 498. The molecule has 2 aromatic rings. The molecular formula is C11H9BrClFN2. The largest absolute Gasteiger partial charge is 0.333 e. The lowest BCUT2D eigenvalue weighted by atomic mass is 10.2. The minimum atomic E-state index is -0.254. The number of alkyl halides is 1. The standard InChI is InChI=1S/C11H9BrClFN2/c12-10-3-8(1-2-11(10)14)5-16-6-9(4-13)15-7-16/h1-3,6-7H,4-5H2. The van der Waals surface area contributed by atoms with Crippen molar-refractivity contribution in [2.24, 2.45) is 0 Å². The van der Waals surface area contributed by atoms with Crippen LogP contribution >= 0.6 is 27.5 Å². The molecule has 2 nitrogen and oxygen atoms in total. The highest BCUT2D eigenvalue weighted by Gasteiger charge is 2.02. The second-order valence-corrected chi connectivity index (χ2v) is 4.54. The molecule has 0 aliphatic heterocycles. The predicted molar refractivity (Wildman–Crippen MR) is 65.0 cm³/mol. The van der Waals surface area contributed by atoms with E-state index in [-0.39, 0.29) is 5.82 Å². The van der Waals surface area contributed by atoms with Crippen LogP contribution in [-0.2, 0) is 12.4 Å². The zero-order valence-corrected chi connectivity index (χ0v) is 10.7. The minimum absolute atomic E-state index is 0.254. The molecule has 0 aliphatic carbocycles. The number of imidazole rings is 1. The van der Waals surface area contributed by atoms with Gasteiger partial charge in [-0.1, -0.05) is 6.07 Å². The summed E-state index contributed by atoms with van der Waals surface area (Å²) in [6, 6.07) is 4.95. The Balaban J connectivity index is 2.17. The van der Waals surface area contributed by atoms with Crippen molar-refractivity contribution in [2.75, 3.05) is 0 Å². The van der Waals surface area contributed by atoms with Gasteiger partial charge in [-0.05, 0) is 33.6 Å². The fraction of sp³-hybridized carbons (Fsp3) is 0.182. The first-order valence-corrected chi connectivity index (χ1v) is 6.02. The van der Waals surface area contributed by atoms with E-state index in [4.69, 9.17) is 11.6 Å². The number of hydrogen-bond acceptors (Lipinski definition) is 1. The van der Waals surface area contributed by atoms with Gasteiger partial charge in [0, 0.05) is 12.7 Å². The van der Waals surface area contributed by atoms with Gasteiger partial charge in [0.2, 0.25) is 0 Å². The quantitative estimate of drug-likeness (QED) is 0.793. The summed E-state index contributed by atoms with van der Waals surface area (Å²) in [4.78, 5) is 4.12. The lowest BCUT2D eigenvalue weighted by Gasteiger charge is -2.03. The van der Waals surface area contributed by atoms with Crippen LogP contribution in [-0.4, -0.2) is 9.55 Å². The zero-order valence-electron chi connectivity index (χ0n) is 8.33. The van der Waals surface area contributed by atoms with E-state index in [1.165, 1.54) is 6.07 Å². The molecule has 0 N–H and O–H groups in total. The molecule has 0 bridgehead atoms. The molecule has 1 aromatic carbocycles. The maximum absolute atomic E-state index is 13.0. The Morgan fingerprint density at radius 3 is 2.88 bits per heavy atom. The highest BCUT2D eigenvalue weighted by Crippen LogP contribution is 2.17. The lowest BCUT2D eigenvalue weighted by molar-refractivity contribution is 0.619. The first-order chi connectivity index (χ1) is 7.69. The summed E-state index contributed by atoms with van der Waals surface area (Å²) >= 11 is 8.81. The van der Waals surface area contributed by atoms with Gasteiger partial charge in [-0.15, -0.1) is 11.6 Å². The Morgan fingerprint density at radius 1 is 1.44 bits per heavy atom. The molecule has 0 aliphatic rings. The Morgan fingerprint density at radius 2 is 2.25 bits per heavy atom. The lowest BCUT2D eigenvalue weighted by Crippen LogP contribution is -1.96. The van der Waals surface area contributed by atoms with Crippen LogP contribution in [0.3, 0.4) is 0 Å². The molecule has 16 heavy (non-hydrogen) atoms. The van der Waals surface area contributed by atoms with Gasteiger partial charge in [0.05, 0.1) is 22.4 Å². The molecule has 1 aromatic heterocycles. The van der Waals surface area contributed by atoms with Crippen molar-refractivity contribution in [1.29, 1.82) is 0 Å². The predicted octanol–water partition coefficient (Wildman–Crippen LogP) is 3.57. The highest BCUT2D eigenvalue weighted by molar-refractivity contribution is 9.10. The maximum Gasteiger partial charge on any atom is 0.137 e. The van der Waals surface area contributed by atoms with Crippen LogP contribution in [0.5, 0.6) is 0 Å². The molecule has 84 valence electrons. The first kappa shape index (κ1) is 11.6. The van der Waals surface area contributed by atoms with E-state index in [9.17, 15) is 4.39 Å². The third-order valence-corrected chi connectivity index (χ3v) is 3.05. The van der Waals surface area contributed by atoms with Crippen molar-refractivity contribution < 1.29 is 4.39 Å². The molecule has 0 atom stereocenters. The number of benzene rings is 1. The maximum atomic E-state index is 13.0. The smallest absolute Gasteiger partial charge is 0.137 e. The van der Waals surface area contributed by atoms with E-state index in [1.807, 2.05) is 10.8 Å². The second kappa shape index (κ2) is 4.97. The molecule has 0 radical (unpaired) electrons. The van der Waals surface area contributed by atoms with Crippen LogP contribution in [0, 0.1) is 5.82 Å². The van der Waals surface area contributed by atoms with Crippen LogP contribution in [0.15, 0.2) is 35.2 Å². The molecule has 5 heteroatoms. The monoisotopic (exact) mass is 302 g/mol. The van der Waals surface area contributed by atoms with E-state index in [2.05, 4.69) is 20.9 Å². The van der Waals surface area contributed by atoms with Crippen molar-refractivity contribution >= 4 is 27.5 Å². The van der Waals surface area contributed by atoms with Gasteiger partial charge in [-0.2, -0.15) is 0 Å². The average Bonchev–Trinajstić information content (AvgIpc) is 2.71. The van der Waals surface area contributed by atoms with Crippen LogP contribution in [0.25, 0.3) is 0 Å². The van der Waals surface area contributed by atoms with Crippen LogP contribution in [0.2, 0.25) is 0 Å². The SMILES string of the molecule is Fc1ccc(Cn2cnc(CCl)c2)cc1Br. The summed E-state index contributed by atoms with van der Waals surface area (Å²) in [6.07, 6.45) is 3.60. The molecule has 0 fully saturated rings. The number of nitrogens with zero attached hydrogens (tertiary/aromatic N) is 2. The molecule has 1 heterocycles. The molecule has 0 saturated carbocycles. The van der Waals surface area contributed by atoms with Crippen molar-refractivity contribution in [3.05, 3.63) is 52.3 Å². The number of rotatable bonds is 3. The Labute approximate surface area is 106 Å². The molecule has 2 rings (SSSR count). The fourth-order valence-electron chi connectivity index (χ4n) is 1.41. The molecule has 0 amide bonds. The van der Waals surface area contributed by atoms with Gasteiger partial charge in [-0.25, -0.2) is 9.37 Å². The van der Waals surface area contributed by atoms with Gasteiger partial charge < -0.3 is 4.57 Å². The van der Waals surface area contributed by atoms with Gasteiger partial charge in [0.1, 0.15) is 5.82 Å². The fourth-order valence-corrected chi connectivity index (χ4v) is 1.97. The third kappa shape index (κ3) is 2.62. The highest BCUT2D eigenvalue weighted by atomic mass is 79.9. The van der Waals surface area contributed by atoms with E-state index < -0.39 is 0 Å². The van der Waals surface area contributed by atoms with Crippen molar-refractivity contribution in [3.63, 3.8) is 0 Å². The molecule has 0 spiro atoms. The van der Waals surface area contributed by atoms with E-state index in [0.29, 0.717) is 16.9 Å². The molecular weight excluding hydrogens is 294 g/mol. The van der Waals surface area contributed by atoms with Gasteiger partial charge in [-0.3, -0.25) is 0 Å². The van der Waals surface area contributed by atoms with Crippen molar-refractivity contribution in [2.45, 2.75) is 12.4 Å². The summed E-state index contributed by atoms with van der Waals surface area (Å²) in [6.45, 7) is 0.656. The van der Waals surface area contributed by atoms with Gasteiger partial charge in [0.15, 0.2) is 0 Å². The van der Waals surface area contributed by atoms with Crippen molar-refractivity contribution in [1.82, 2.24) is 9.55 Å². The third-order valence-electron chi connectivity index (χ3n) is 2.17. The van der Waals surface area contributed by atoms with Crippen molar-refractivity contribution in [3.8, 4) is 0 Å². The van der Waals surface area contributed by atoms with Gasteiger partial charge in [0.25, 0.3) is 0 Å². The topological polar surface area (TPSA) is 17.8 Å². The van der Waals surface area contributed by atoms with Crippen LogP contribution in [0.4, 0.5) is 4.39 Å². The van der Waals surface area contributed by atoms with E-state index >= 15 is 0 Å². The summed E-state index contributed by atoms with van der Waals surface area (Å²) in [7, 11) is 0. The Hall–Kier alpha value is -0.870. The first-order valence-electron chi connectivity index (χ1n) is 4.69. The summed E-state index contributed by atoms with van der Waals surface area (Å²) < 4.78 is 15.4. The average molecular weight is 304 g/mol. The van der Waals surface area contributed by atoms with Gasteiger partial charge >= 0.3 is 0 Å². The molecule has 0 unspecified atom stereocenters. The van der Waals surface area contributed by atoms with Crippen LogP contribution in [0.1, 0.15) is 11.3 Å². The normalized spacial score (nSPS) is 10.7. The summed E-state index contributed by atoms with van der Waals surface area (Å²) in [5, 5.41) is 0. The van der Waals surface area contributed by atoms with E-state index in [0.717, 1.165) is 11.3 Å². The zero-order chi connectivity index (χ0) is 11.5.